The lowest BCUT2D eigenvalue weighted by atomic mass is 10.1. The number of aromatic amines is 1. The number of hydrogen-bond acceptors (Lipinski definition) is 4. The van der Waals surface area contributed by atoms with Gasteiger partial charge in [0.2, 0.25) is 0 Å². The third-order valence-corrected chi connectivity index (χ3v) is 4.16. The van der Waals surface area contributed by atoms with Gasteiger partial charge in [-0.15, -0.1) is 24.8 Å². The third kappa shape index (κ3) is 5.88. The number of benzene rings is 1. The van der Waals surface area contributed by atoms with Crippen molar-refractivity contribution in [2.45, 2.75) is 13.0 Å². The number of amides is 2. The monoisotopic (exact) mass is 477 g/mol. The average molecular weight is 479 g/mol. The Bertz CT molecular complexity index is 1030. The fraction of sp³-hybridized carbons (Fsp3) is 0.111. The third-order valence-electron chi connectivity index (χ3n) is 3.85. The van der Waals surface area contributed by atoms with Crippen LogP contribution in [0.4, 0.5) is 14.6 Å². The first kappa shape index (κ1) is 25.3. The van der Waals surface area contributed by atoms with E-state index in [0.29, 0.717) is 12.1 Å². The Morgan fingerprint density at radius 1 is 1.13 bits per heavy atom. The van der Waals surface area contributed by atoms with Crippen LogP contribution in [-0.2, 0) is 0 Å². The van der Waals surface area contributed by atoms with Gasteiger partial charge in [0.25, 0.3) is 11.8 Å². The van der Waals surface area contributed by atoms with Gasteiger partial charge in [-0.2, -0.15) is 5.10 Å². The minimum atomic E-state index is -1.21. The number of nitrogens with zero attached hydrogens (tertiary/aromatic N) is 2. The van der Waals surface area contributed by atoms with E-state index in [0.717, 1.165) is 5.56 Å². The molecule has 3 rings (SSSR count). The molecule has 0 radical (unpaired) electrons. The van der Waals surface area contributed by atoms with Gasteiger partial charge in [-0.25, -0.2) is 8.78 Å². The summed E-state index contributed by atoms with van der Waals surface area (Å²) in [6.07, 6.45) is 3.26. The fourth-order valence-corrected chi connectivity index (χ4v) is 2.61. The molecule has 7 nitrogen and oxygen atoms in total. The van der Waals surface area contributed by atoms with Crippen molar-refractivity contribution in [1.82, 2.24) is 20.5 Å². The number of halogens is 5. The molecular weight excluding hydrogens is 463 g/mol. The van der Waals surface area contributed by atoms with Crippen molar-refractivity contribution < 1.29 is 18.4 Å². The molecule has 0 aliphatic rings. The molecule has 2 aromatic heterocycles. The summed E-state index contributed by atoms with van der Waals surface area (Å²) in [6, 6.07) is 5.96. The molecule has 12 heteroatoms. The van der Waals surface area contributed by atoms with Crippen LogP contribution in [0.25, 0.3) is 0 Å². The number of rotatable bonds is 5. The summed E-state index contributed by atoms with van der Waals surface area (Å²) in [5.74, 6) is -3.60. The van der Waals surface area contributed by atoms with Crippen LogP contribution >= 0.6 is 36.4 Å². The predicted octanol–water partition coefficient (Wildman–Crippen LogP) is 4.32. The van der Waals surface area contributed by atoms with E-state index in [1.807, 2.05) is 6.07 Å². The van der Waals surface area contributed by atoms with Crippen LogP contribution in [0.5, 0.6) is 0 Å². The van der Waals surface area contributed by atoms with Crippen LogP contribution < -0.4 is 10.6 Å². The van der Waals surface area contributed by atoms with Gasteiger partial charge < -0.3 is 10.6 Å². The molecule has 0 bridgehead atoms. The zero-order valence-electron chi connectivity index (χ0n) is 15.3. The van der Waals surface area contributed by atoms with E-state index in [9.17, 15) is 18.4 Å². The maximum Gasteiger partial charge on any atom is 0.269 e. The minimum absolute atomic E-state index is 0. The van der Waals surface area contributed by atoms with E-state index >= 15 is 0 Å². The molecule has 3 N–H and O–H groups in total. The Labute approximate surface area is 187 Å². The first-order chi connectivity index (χ1) is 13.3. The number of nitrogens with one attached hydrogen (secondary N) is 3. The van der Waals surface area contributed by atoms with E-state index in [1.54, 1.807) is 25.4 Å². The van der Waals surface area contributed by atoms with Crippen LogP contribution in [0.3, 0.4) is 0 Å². The van der Waals surface area contributed by atoms with Crippen molar-refractivity contribution in [2.75, 3.05) is 5.32 Å². The van der Waals surface area contributed by atoms with Crippen LogP contribution in [-0.4, -0.2) is 27.0 Å². The molecule has 2 heterocycles. The Kier molecular flexibility index (Phi) is 9.16. The highest BCUT2D eigenvalue weighted by atomic mass is 35.5. The highest BCUT2D eigenvalue weighted by molar-refractivity contribution is 6.34. The van der Waals surface area contributed by atoms with E-state index in [4.69, 9.17) is 11.6 Å². The normalized spacial score (nSPS) is 10.9. The number of carbonyl (C=O) groups is 2. The van der Waals surface area contributed by atoms with Gasteiger partial charge in [0.05, 0.1) is 16.6 Å². The first-order valence-electron chi connectivity index (χ1n) is 8.07. The van der Waals surface area contributed by atoms with E-state index < -0.39 is 23.4 Å². The number of carbonyl (C=O) groups excluding carboxylic acids is 2. The average Bonchev–Trinajstić information content (AvgIpc) is 3.14. The molecule has 1 unspecified atom stereocenters. The van der Waals surface area contributed by atoms with Crippen molar-refractivity contribution in [1.29, 1.82) is 0 Å². The van der Waals surface area contributed by atoms with Gasteiger partial charge >= 0.3 is 0 Å². The SMILES string of the molecule is CC(NC(=O)c1cc(NC(=O)c2cc(F)c(F)cc2Cl)n[nH]1)c1cccnc1.Cl.Cl. The lowest BCUT2D eigenvalue weighted by Crippen LogP contribution is -2.27. The smallest absolute Gasteiger partial charge is 0.269 e. The minimum Gasteiger partial charge on any atom is -0.344 e. The second-order valence-corrected chi connectivity index (χ2v) is 6.26. The van der Waals surface area contributed by atoms with Gasteiger partial charge in [-0.3, -0.25) is 19.7 Å². The number of H-pyrrole nitrogens is 1. The quantitative estimate of drug-likeness (QED) is 0.475. The summed E-state index contributed by atoms with van der Waals surface area (Å²) in [5.41, 5.74) is 0.652. The number of aromatic nitrogens is 3. The summed E-state index contributed by atoms with van der Waals surface area (Å²) < 4.78 is 26.4. The summed E-state index contributed by atoms with van der Waals surface area (Å²) >= 11 is 5.77. The first-order valence-corrected chi connectivity index (χ1v) is 8.45. The molecule has 1 aromatic carbocycles. The summed E-state index contributed by atoms with van der Waals surface area (Å²) in [4.78, 5) is 28.5. The molecule has 0 aliphatic carbocycles. The van der Waals surface area contributed by atoms with E-state index in [1.165, 1.54) is 6.07 Å². The summed E-state index contributed by atoms with van der Waals surface area (Å²) in [6.45, 7) is 1.79. The van der Waals surface area contributed by atoms with Gasteiger partial charge in [0, 0.05) is 18.5 Å². The van der Waals surface area contributed by atoms with Crippen LogP contribution in [0.1, 0.15) is 39.4 Å². The maximum absolute atomic E-state index is 13.3. The molecule has 1 atom stereocenters. The van der Waals surface area contributed by atoms with Gasteiger partial charge in [-0.05, 0) is 30.7 Å². The maximum atomic E-state index is 13.3. The van der Waals surface area contributed by atoms with Crippen molar-refractivity contribution in [3.63, 3.8) is 0 Å². The van der Waals surface area contributed by atoms with E-state index in [-0.39, 0.29) is 53.0 Å². The molecule has 0 fully saturated rings. The van der Waals surface area contributed by atoms with Gasteiger partial charge in [-0.1, -0.05) is 17.7 Å². The number of anilines is 1. The summed E-state index contributed by atoms with van der Waals surface area (Å²) in [5, 5.41) is 11.2. The highest BCUT2D eigenvalue weighted by Crippen LogP contribution is 2.21. The molecule has 0 spiro atoms. The molecule has 0 saturated heterocycles. The number of pyridine rings is 1. The zero-order valence-corrected chi connectivity index (χ0v) is 17.7. The second kappa shape index (κ2) is 10.9. The molecular formula is C18H16Cl3F2N5O2. The predicted molar refractivity (Wildman–Crippen MR) is 113 cm³/mol. The lowest BCUT2D eigenvalue weighted by Gasteiger charge is -2.12. The lowest BCUT2D eigenvalue weighted by molar-refractivity contribution is 0.0934. The Morgan fingerprint density at radius 3 is 2.50 bits per heavy atom. The van der Waals surface area contributed by atoms with Crippen molar-refractivity contribution in [3.05, 3.63) is 76.2 Å². The van der Waals surface area contributed by atoms with E-state index in [2.05, 4.69) is 25.8 Å². The van der Waals surface area contributed by atoms with Crippen LogP contribution in [0.15, 0.2) is 42.7 Å². The molecule has 30 heavy (non-hydrogen) atoms. The van der Waals surface area contributed by atoms with Gasteiger partial charge in [0.15, 0.2) is 17.5 Å². The van der Waals surface area contributed by atoms with Gasteiger partial charge in [0.1, 0.15) is 5.69 Å². The summed E-state index contributed by atoms with van der Waals surface area (Å²) in [7, 11) is 0. The zero-order chi connectivity index (χ0) is 20.3. The largest absolute Gasteiger partial charge is 0.344 e. The Morgan fingerprint density at radius 2 is 1.83 bits per heavy atom. The number of hydrogen-bond donors (Lipinski definition) is 3. The van der Waals surface area contributed by atoms with Crippen molar-refractivity contribution >= 4 is 54.0 Å². The Hall–Kier alpha value is -2.75. The van der Waals surface area contributed by atoms with Crippen molar-refractivity contribution in [2.24, 2.45) is 0 Å². The van der Waals surface area contributed by atoms with Crippen LogP contribution in [0.2, 0.25) is 5.02 Å². The molecule has 0 aliphatic heterocycles. The highest BCUT2D eigenvalue weighted by Gasteiger charge is 2.18. The Balaban J connectivity index is 0.00000225. The second-order valence-electron chi connectivity index (χ2n) is 5.85. The molecule has 0 saturated carbocycles. The fourth-order valence-electron chi connectivity index (χ4n) is 2.37. The standard InChI is InChI=1S/C18H14ClF2N5O2.2ClH/c1-9(10-3-2-4-22-8-10)23-18(28)15-7-16(26-25-15)24-17(27)11-5-13(20)14(21)6-12(11)19;;/h2-9H,1H3,(H,23,28)(H2,24,25,26,27);2*1H. The topological polar surface area (TPSA) is 99.8 Å². The molecule has 2 amide bonds. The molecule has 160 valence electrons. The van der Waals surface area contributed by atoms with Crippen LogP contribution in [0, 0.1) is 11.6 Å². The molecule has 3 aromatic rings. The van der Waals surface area contributed by atoms with Crippen molar-refractivity contribution in [3.8, 4) is 0 Å².